The van der Waals surface area contributed by atoms with Crippen LogP contribution in [0.3, 0.4) is 0 Å². The summed E-state index contributed by atoms with van der Waals surface area (Å²) in [4.78, 5) is 0. The number of aromatic nitrogens is 2. The predicted molar refractivity (Wildman–Crippen MR) is 82.4 cm³/mol. The van der Waals surface area contributed by atoms with Gasteiger partial charge < -0.3 is 0 Å². The van der Waals surface area contributed by atoms with E-state index in [2.05, 4.69) is 49.2 Å². The minimum atomic E-state index is 0.577. The van der Waals surface area contributed by atoms with Crippen molar-refractivity contribution in [2.24, 2.45) is 0 Å². The lowest BCUT2D eigenvalue weighted by atomic mass is 10.1. The monoisotopic (exact) mass is 265 g/mol. The van der Waals surface area contributed by atoms with Gasteiger partial charge in [-0.25, -0.2) is 9.13 Å². The first kappa shape index (κ1) is 16.3. The van der Waals surface area contributed by atoms with Gasteiger partial charge in [0.1, 0.15) is 12.4 Å². The molecule has 1 aromatic rings. The summed E-state index contributed by atoms with van der Waals surface area (Å²) < 4.78 is 4.93. The van der Waals surface area contributed by atoms with Crippen molar-refractivity contribution in [2.75, 3.05) is 0 Å². The summed E-state index contributed by atoms with van der Waals surface area (Å²) in [5.41, 5.74) is 0. The number of aryl methyl sites for hydroxylation is 1. The van der Waals surface area contributed by atoms with Crippen molar-refractivity contribution >= 4 is 0 Å². The molecule has 2 nitrogen and oxygen atoms in total. The number of hydrogen-bond donors (Lipinski definition) is 0. The maximum absolute atomic E-state index is 2.49. The molecule has 110 valence electrons. The average molecular weight is 265 g/mol. The molecule has 0 amide bonds. The second kappa shape index (κ2) is 9.17. The first-order valence-electron chi connectivity index (χ1n) is 8.29. The summed E-state index contributed by atoms with van der Waals surface area (Å²) in [6.45, 7) is 10.3. The molecule has 0 aliphatic carbocycles. The molecule has 0 aromatic carbocycles. The Morgan fingerprint density at radius 2 is 1.68 bits per heavy atom. The van der Waals surface area contributed by atoms with Crippen LogP contribution in [0.25, 0.3) is 0 Å². The van der Waals surface area contributed by atoms with E-state index >= 15 is 0 Å². The molecule has 0 radical (unpaired) electrons. The van der Waals surface area contributed by atoms with Crippen molar-refractivity contribution < 1.29 is 4.57 Å². The lowest BCUT2D eigenvalue weighted by molar-refractivity contribution is -0.704. The highest BCUT2D eigenvalue weighted by Gasteiger charge is 2.18. The molecule has 0 atom stereocenters. The average Bonchev–Trinajstić information content (AvgIpc) is 2.79. The fourth-order valence-electron chi connectivity index (χ4n) is 2.64. The zero-order valence-corrected chi connectivity index (χ0v) is 13.5. The summed E-state index contributed by atoms with van der Waals surface area (Å²) >= 11 is 0. The number of hydrogen-bond acceptors (Lipinski definition) is 0. The third kappa shape index (κ3) is 5.38. The van der Waals surface area contributed by atoms with Gasteiger partial charge in [-0.3, -0.25) is 0 Å². The van der Waals surface area contributed by atoms with Gasteiger partial charge in [0.15, 0.2) is 0 Å². The fourth-order valence-corrected chi connectivity index (χ4v) is 2.64. The Labute approximate surface area is 119 Å². The van der Waals surface area contributed by atoms with E-state index in [1.807, 2.05) is 0 Å². The van der Waals surface area contributed by atoms with Crippen LogP contribution >= 0.6 is 0 Å². The van der Waals surface area contributed by atoms with E-state index in [9.17, 15) is 0 Å². The number of rotatable bonds is 10. The Hall–Kier alpha value is -0.790. The lowest BCUT2D eigenvalue weighted by Gasteiger charge is -2.07. The maximum atomic E-state index is 2.49. The van der Waals surface area contributed by atoms with Gasteiger partial charge in [-0.05, 0) is 33.1 Å². The van der Waals surface area contributed by atoms with Gasteiger partial charge in [-0.2, -0.15) is 0 Å². The summed E-state index contributed by atoms with van der Waals surface area (Å²) in [5, 5.41) is 0. The summed E-state index contributed by atoms with van der Waals surface area (Å²) in [6, 6.07) is 0.577. The van der Waals surface area contributed by atoms with E-state index in [-0.39, 0.29) is 0 Å². The molecule has 1 rings (SSSR count). The van der Waals surface area contributed by atoms with E-state index in [0.29, 0.717) is 6.04 Å². The van der Waals surface area contributed by atoms with Crippen molar-refractivity contribution in [3.05, 3.63) is 18.2 Å². The van der Waals surface area contributed by atoms with Crippen molar-refractivity contribution in [3.63, 3.8) is 0 Å². The second-order valence-corrected chi connectivity index (χ2v) is 5.93. The van der Waals surface area contributed by atoms with E-state index < -0.39 is 0 Å². The van der Waals surface area contributed by atoms with Crippen LogP contribution in [0, 0.1) is 0 Å². The third-order valence-corrected chi connectivity index (χ3v) is 3.85. The highest BCUT2D eigenvalue weighted by Crippen LogP contribution is 2.10. The van der Waals surface area contributed by atoms with Gasteiger partial charge in [0.05, 0.1) is 12.6 Å². The Balaban J connectivity index is 2.55. The molecule has 0 aliphatic rings. The van der Waals surface area contributed by atoms with E-state index in [0.717, 1.165) is 0 Å². The molecule has 0 spiro atoms. The van der Waals surface area contributed by atoms with Gasteiger partial charge in [-0.15, -0.1) is 0 Å². The van der Waals surface area contributed by atoms with Gasteiger partial charge >= 0.3 is 0 Å². The zero-order chi connectivity index (χ0) is 14.1. The molecule has 0 fully saturated rings. The lowest BCUT2D eigenvalue weighted by Crippen LogP contribution is -2.37. The van der Waals surface area contributed by atoms with E-state index in [1.54, 1.807) is 0 Å². The summed E-state index contributed by atoms with van der Waals surface area (Å²) in [7, 11) is 0. The Kier molecular flexibility index (Phi) is 7.85. The van der Waals surface area contributed by atoms with Crippen LogP contribution in [0.5, 0.6) is 0 Å². The minimum absolute atomic E-state index is 0.577. The molecule has 0 N–H and O–H groups in total. The Morgan fingerprint density at radius 1 is 1.00 bits per heavy atom. The van der Waals surface area contributed by atoms with Gasteiger partial charge in [0.25, 0.3) is 5.82 Å². The quantitative estimate of drug-likeness (QED) is 0.429. The molecule has 2 heteroatoms. The molecular weight excluding hydrogens is 232 g/mol. The minimum Gasteiger partial charge on any atom is -0.234 e. The van der Waals surface area contributed by atoms with Crippen molar-refractivity contribution in [2.45, 2.75) is 91.6 Å². The molecule has 0 unspecified atom stereocenters. The van der Waals surface area contributed by atoms with Crippen LogP contribution in [0.15, 0.2) is 12.4 Å². The largest absolute Gasteiger partial charge is 0.256 e. The summed E-state index contributed by atoms with van der Waals surface area (Å²) in [6.07, 6.45) is 15.2. The molecule has 0 saturated carbocycles. The zero-order valence-electron chi connectivity index (χ0n) is 13.5. The Bertz CT molecular complexity index is 339. The van der Waals surface area contributed by atoms with Crippen LogP contribution in [-0.2, 0) is 13.0 Å². The standard InChI is InChI=1S/C17H33N2/c1-5-7-9-10-11-13-18-14-15-19(16(3)4)17(18)12-8-6-2/h14-16H,5-13H2,1-4H3/q+1. The van der Waals surface area contributed by atoms with Crippen molar-refractivity contribution in [3.8, 4) is 0 Å². The highest BCUT2D eigenvalue weighted by molar-refractivity contribution is 4.86. The molecule has 0 aliphatic heterocycles. The van der Waals surface area contributed by atoms with Crippen LogP contribution in [0.1, 0.15) is 84.5 Å². The number of unbranched alkanes of at least 4 members (excludes halogenated alkanes) is 5. The normalized spacial score (nSPS) is 11.4. The topological polar surface area (TPSA) is 8.81 Å². The smallest absolute Gasteiger partial charge is 0.234 e. The highest BCUT2D eigenvalue weighted by atomic mass is 15.2. The molecule has 1 heterocycles. The van der Waals surface area contributed by atoms with Gasteiger partial charge in [0, 0.05) is 6.42 Å². The van der Waals surface area contributed by atoms with Gasteiger partial charge in [-0.1, -0.05) is 39.5 Å². The molecular formula is C17H33N2+. The second-order valence-electron chi connectivity index (χ2n) is 5.93. The SMILES string of the molecule is CCCCCCC[n+]1ccn(C(C)C)c1CCCC. The number of imidazole rings is 1. The third-order valence-electron chi connectivity index (χ3n) is 3.85. The summed E-state index contributed by atoms with van der Waals surface area (Å²) in [5.74, 6) is 1.52. The first-order chi connectivity index (χ1) is 9.20. The van der Waals surface area contributed by atoms with Crippen LogP contribution < -0.4 is 4.57 Å². The van der Waals surface area contributed by atoms with Crippen molar-refractivity contribution in [1.29, 1.82) is 0 Å². The van der Waals surface area contributed by atoms with Crippen LogP contribution in [0.2, 0.25) is 0 Å². The number of nitrogens with zero attached hydrogens (tertiary/aromatic N) is 2. The molecule has 0 saturated heterocycles. The molecule has 19 heavy (non-hydrogen) atoms. The van der Waals surface area contributed by atoms with Crippen molar-refractivity contribution in [1.82, 2.24) is 4.57 Å². The predicted octanol–water partition coefficient (Wildman–Crippen LogP) is 4.67. The van der Waals surface area contributed by atoms with Crippen LogP contribution in [0.4, 0.5) is 0 Å². The first-order valence-corrected chi connectivity index (χ1v) is 8.29. The van der Waals surface area contributed by atoms with E-state index in [1.165, 1.54) is 63.7 Å². The fraction of sp³-hybridized carbons (Fsp3) is 0.824. The van der Waals surface area contributed by atoms with E-state index in [4.69, 9.17) is 0 Å². The molecule has 0 bridgehead atoms. The van der Waals surface area contributed by atoms with Crippen LogP contribution in [-0.4, -0.2) is 4.57 Å². The molecule has 1 aromatic heterocycles. The van der Waals surface area contributed by atoms with Gasteiger partial charge in [0.2, 0.25) is 0 Å². The Morgan fingerprint density at radius 3 is 2.32 bits per heavy atom. The maximum Gasteiger partial charge on any atom is 0.256 e.